The molecule has 0 spiro atoms. The number of thioether (sulfide) groups is 1. The van der Waals surface area contributed by atoms with Crippen LogP contribution in [0.15, 0.2) is 83.3 Å². The third-order valence-corrected chi connectivity index (χ3v) is 6.42. The maximum atomic E-state index is 12.5. The summed E-state index contributed by atoms with van der Waals surface area (Å²) >= 11 is 3.04. The molecule has 0 N–H and O–H groups in total. The third kappa shape index (κ3) is 4.41. The van der Waals surface area contributed by atoms with Crippen LogP contribution in [0.2, 0.25) is 0 Å². The van der Waals surface area contributed by atoms with Gasteiger partial charge in [-0.2, -0.15) is 0 Å². The maximum absolute atomic E-state index is 12.5. The van der Waals surface area contributed by atoms with Crippen molar-refractivity contribution in [3.05, 3.63) is 94.4 Å². The van der Waals surface area contributed by atoms with Crippen LogP contribution in [0.1, 0.15) is 21.5 Å². The predicted molar refractivity (Wildman–Crippen MR) is 116 cm³/mol. The Morgan fingerprint density at radius 2 is 1.76 bits per heavy atom. The van der Waals surface area contributed by atoms with E-state index < -0.39 is 5.25 Å². The lowest BCUT2D eigenvalue weighted by Crippen LogP contribution is -2.12. The lowest BCUT2D eigenvalue weighted by molar-refractivity contribution is -0.140. The Labute approximate surface area is 177 Å². The van der Waals surface area contributed by atoms with E-state index in [1.54, 1.807) is 11.3 Å². The minimum absolute atomic E-state index is 0.316. The van der Waals surface area contributed by atoms with Crippen LogP contribution in [-0.4, -0.2) is 27.8 Å². The molecule has 0 saturated carbocycles. The number of aromatic nitrogens is 3. The van der Waals surface area contributed by atoms with E-state index in [4.69, 9.17) is 4.74 Å². The Bertz CT molecular complexity index is 1060. The van der Waals surface area contributed by atoms with Crippen molar-refractivity contribution in [2.75, 3.05) is 7.11 Å². The fourth-order valence-corrected chi connectivity index (χ4v) is 4.79. The van der Waals surface area contributed by atoms with Gasteiger partial charge in [0, 0.05) is 17.0 Å². The molecule has 0 radical (unpaired) electrons. The van der Waals surface area contributed by atoms with E-state index in [1.807, 2.05) is 71.3 Å². The minimum Gasteiger partial charge on any atom is -0.468 e. The summed E-state index contributed by atoms with van der Waals surface area (Å²) in [5, 5.41) is 11.1. The second kappa shape index (κ2) is 9.07. The maximum Gasteiger partial charge on any atom is 0.323 e. The number of nitrogens with zero attached hydrogens (tertiary/aromatic N) is 3. The van der Waals surface area contributed by atoms with E-state index >= 15 is 0 Å². The molecule has 0 fully saturated rings. The highest BCUT2D eigenvalue weighted by molar-refractivity contribution is 8.00. The van der Waals surface area contributed by atoms with Gasteiger partial charge in [-0.1, -0.05) is 66.4 Å². The van der Waals surface area contributed by atoms with Gasteiger partial charge in [0.1, 0.15) is 11.1 Å². The summed E-state index contributed by atoms with van der Waals surface area (Å²) in [6, 6.07) is 23.7. The summed E-state index contributed by atoms with van der Waals surface area (Å²) in [6.45, 7) is 0. The molecule has 0 bridgehead atoms. The molecule has 2 aromatic heterocycles. The zero-order valence-corrected chi connectivity index (χ0v) is 17.4. The summed E-state index contributed by atoms with van der Waals surface area (Å²) in [5.74, 6) is 0.515. The fraction of sp³-hybridized carbons (Fsp3) is 0.136. The molecule has 5 nitrogen and oxygen atoms in total. The van der Waals surface area contributed by atoms with Crippen molar-refractivity contribution in [2.24, 2.45) is 0 Å². The van der Waals surface area contributed by atoms with Gasteiger partial charge >= 0.3 is 5.97 Å². The second-order valence-electron chi connectivity index (χ2n) is 6.26. The largest absolute Gasteiger partial charge is 0.468 e. The number of ether oxygens (including phenoxy) is 1. The number of carbonyl (C=O) groups is 1. The van der Waals surface area contributed by atoms with Gasteiger partial charge in [-0.15, -0.1) is 21.5 Å². The zero-order valence-electron chi connectivity index (χ0n) is 15.8. The van der Waals surface area contributed by atoms with E-state index in [-0.39, 0.29) is 5.97 Å². The van der Waals surface area contributed by atoms with Crippen molar-refractivity contribution in [3.8, 4) is 5.69 Å². The average molecular weight is 422 g/mol. The van der Waals surface area contributed by atoms with Crippen LogP contribution in [0.5, 0.6) is 0 Å². The van der Waals surface area contributed by atoms with E-state index in [0.717, 1.165) is 17.1 Å². The van der Waals surface area contributed by atoms with Crippen LogP contribution in [-0.2, 0) is 16.0 Å². The number of methoxy groups -OCH3 is 1. The summed E-state index contributed by atoms with van der Waals surface area (Å²) < 4.78 is 7.08. The Hall–Kier alpha value is -2.90. The van der Waals surface area contributed by atoms with Gasteiger partial charge < -0.3 is 4.74 Å². The molecule has 0 aliphatic carbocycles. The van der Waals surface area contributed by atoms with Gasteiger partial charge in [-0.3, -0.25) is 9.36 Å². The van der Waals surface area contributed by atoms with E-state index in [2.05, 4.69) is 21.6 Å². The quantitative estimate of drug-likeness (QED) is 0.313. The van der Waals surface area contributed by atoms with E-state index in [1.165, 1.54) is 23.7 Å². The van der Waals surface area contributed by atoms with Crippen molar-refractivity contribution >= 4 is 29.1 Å². The molecule has 0 aliphatic rings. The molecule has 0 saturated heterocycles. The molecular weight excluding hydrogens is 402 g/mol. The first kappa shape index (κ1) is 19.4. The fourth-order valence-electron chi connectivity index (χ4n) is 2.99. The van der Waals surface area contributed by atoms with Crippen molar-refractivity contribution in [1.82, 2.24) is 14.8 Å². The van der Waals surface area contributed by atoms with Crippen molar-refractivity contribution in [2.45, 2.75) is 16.8 Å². The number of carbonyl (C=O) groups excluding carboxylic acids is 1. The molecule has 4 rings (SSSR count). The van der Waals surface area contributed by atoms with Gasteiger partial charge in [-0.25, -0.2) is 0 Å². The van der Waals surface area contributed by atoms with Crippen LogP contribution in [0.25, 0.3) is 5.69 Å². The smallest absolute Gasteiger partial charge is 0.323 e. The SMILES string of the molecule is COC(=O)C(Sc1nnc(Cc2cccs2)n1-c1ccccc1)c1ccccc1. The van der Waals surface area contributed by atoms with E-state index in [9.17, 15) is 4.79 Å². The van der Waals surface area contributed by atoms with Gasteiger partial charge in [-0.05, 0) is 29.1 Å². The topological polar surface area (TPSA) is 57.0 Å². The molecule has 2 aromatic carbocycles. The molecule has 1 atom stereocenters. The Balaban J connectivity index is 1.74. The molecule has 7 heteroatoms. The van der Waals surface area contributed by atoms with E-state index in [0.29, 0.717) is 11.6 Å². The highest BCUT2D eigenvalue weighted by Gasteiger charge is 2.27. The average Bonchev–Trinajstić information content (AvgIpc) is 3.43. The molecule has 4 aromatic rings. The van der Waals surface area contributed by atoms with Crippen LogP contribution in [0.3, 0.4) is 0 Å². The highest BCUT2D eigenvalue weighted by Crippen LogP contribution is 2.37. The number of para-hydroxylation sites is 1. The van der Waals surface area contributed by atoms with Crippen molar-refractivity contribution < 1.29 is 9.53 Å². The lowest BCUT2D eigenvalue weighted by atomic mass is 10.1. The molecule has 0 aliphatic heterocycles. The molecule has 29 heavy (non-hydrogen) atoms. The first-order valence-corrected chi connectivity index (χ1v) is 10.8. The summed E-state index contributed by atoms with van der Waals surface area (Å²) in [6.07, 6.45) is 0.675. The van der Waals surface area contributed by atoms with Crippen LogP contribution < -0.4 is 0 Å². The third-order valence-electron chi connectivity index (χ3n) is 4.37. The normalized spacial score (nSPS) is 11.9. The first-order chi connectivity index (χ1) is 14.3. The first-order valence-electron chi connectivity index (χ1n) is 9.08. The summed E-state index contributed by atoms with van der Waals surface area (Å²) in [7, 11) is 1.41. The monoisotopic (exact) mass is 421 g/mol. The summed E-state index contributed by atoms with van der Waals surface area (Å²) in [5.41, 5.74) is 1.83. The number of esters is 1. The van der Waals surface area contributed by atoms with Gasteiger partial charge in [0.2, 0.25) is 0 Å². The number of thiophene rings is 1. The van der Waals surface area contributed by atoms with Crippen LogP contribution >= 0.6 is 23.1 Å². The number of hydrogen-bond acceptors (Lipinski definition) is 6. The Morgan fingerprint density at radius 3 is 2.41 bits per heavy atom. The zero-order chi connectivity index (χ0) is 20.1. The summed E-state index contributed by atoms with van der Waals surface area (Å²) in [4.78, 5) is 13.7. The highest BCUT2D eigenvalue weighted by atomic mass is 32.2. The molecule has 2 heterocycles. The molecular formula is C22H19N3O2S2. The number of hydrogen-bond donors (Lipinski definition) is 0. The van der Waals surface area contributed by atoms with Crippen LogP contribution in [0.4, 0.5) is 0 Å². The van der Waals surface area contributed by atoms with Crippen LogP contribution in [0, 0.1) is 0 Å². The van der Waals surface area contributed by atoms with Gasteiger partial charge in [0.15, 0.2) is 5.16 Å². The number of rotatable bonds is 7. The van der Waals surface area contributed by atoms with Crippen molar-refractivity contribution in [3.63, 3.8) is 0 Å². The van der Waals surface area contributed by atoms with Crippen molar-refractivity contribution in [1.29, 1.82) is 0 Å². The van der Waals surface area contributed by atoms with Gasteiger partial charge in [0.05, 0.1) is 7.11 Å². The molecule has 1 unspecified atom stereocenters. The second-order valence-corrected chi connectivity index (χ2v) is 8.36. The standard InChI is InChI=1S/C22H19N3O2S2/c1-27-21(26)20(16-9-4-2-5-10-16)29-22-24-23-19(15-18-13-8-14-28-18)25(22)17-11-6-3-7-12-17/h2-14,20H,15H2,1H3. The lowest BCUT2D eigenvalue weighted by Gasteiger charge is -2.15. The Morgan fingerprint density at radius 1 is 1.03 bits per heavy atom. The predicted octanol–water partition coefficient (Wildman–Crippen LogP) is 4.93. The molecule has 0 amide bonds. The van der Waals surface area contributed by atoms with Gasteiger partial charge in [0.25, 0.3) is 0 Å². The number of benzene rings is 2. The minimum atomic E-state index is -0.526. The molecule has 146 valence electrons. The Kier molecular flexibility index (Phi) is 6.07.